The summed E-state index contributed by atoms with van der Waals surface area (Å²) in [6.45, 7) is 2.30. The van der Waals surface area contributed by atoms with E-state index < -0.39 is 0 Å². The second-order valence-corrected chi connectivity index (χ2v) is 6.87. The Morgan fingerprint density at radius 2 is 2.32 bits per heavy atom. The molecule has 25 heavy (non-hydrogen) atoms. The highest BCUT2D eigenvalue weighted by molar-refractivity contribution is 5.94. The second-order valence-electron chi connectivity index (χ2n) is 6.87. The molecule has 1 atom stereocenters. The SMILES string of the molecule is Cn1ncc(N2CC[C@@H](CNC(=O)c3n[nH]c4c3CCC4)C2)cc1=O. The van der Waals surface area contributed by atoms with Crippen LogP contribution in [0.15, 0.2) is 17.1 Å². The Balaban J connectivity index is 1.34. The first-order valence-corrected chi connectivity index (χ1v) is 8.74. The number of aromatic nitrogens is 4. The zero-order valence-electron chi connectivity index (χ0n) is 14.3. The third-order valence-electron chi connectivity index (χ3n) is 5.18. The van der Waals surface area contributed by atoms with Crippen LogP contribution >= 0.6 is 0 Å². The molecule has 1 amide bonds. The van der Waals surface area contributed by atoms with Crippen molar-refractivity contribution >= 4 is 11.6 Å². The quantitative estimate of drug-likeness (QED) is 0.830. The molecule has 2 N–H and O–H groups in total. The van der Waals surface area contributed by atoms with Crippen molar-refractivity contribution in [1.82, 2.24) is 25.3 Å². The van der Waals surface area contributed by atoms with E-state index in [1.807, 2.05) is 0 Å². The van der Waals surface area contributed by atoms with Gasteiger partial charge in [-0.1, -0.05) is 0 Å². The van der Waals surface area contributed by atoms with Gasteiger partial charge in [0.2, 0.25) is 0 Å². The van der Waals surface area contributed by atoms with Gasteiger partial charge in [-0.15, -0.1) is 0 Å². The van der Waals surface area contributed by atoms with Crippen LogP contribution in [0.5, 0.6) is 0 Å². The molecule has 0 saturated carbocycles. The Morgan fingerprint density at radius 3 is 3.16 bits per heavy atom. The number of hydrogen-bond donors (Lipinski definition) is 2. The molecule has 3 heterocycles. The summed E-state index contributed by atoms with van der Waals surface area (Å²) in [4.78, 5) is 26.3. The lowest BCUT2D eigenvalue weighted by molar-refractivity contribution is 0.0942. The normalized spacial score (nSPS) is 19.2. The molecule has 1 aliphatic carbocycles. The molecule has 8 nitrogen and oxygen atoms in total. The number of aromatic amines is 1. The van der Waals surface area contributed by atoms with E-state index in [1.165, 1.54) is 4.68 Å². The predicted molar refractivity (Wildman–Crippen MR) is 92.7 cm³/mol. The molecule has 2 aromatic rings. The maximum absolute atomic E-state index is 12.4. The number of carbonyl (C=O) groups is 1. The maximum atomic E-state index is 12.4. The van der Waals surface area contributed by atoms with E-state index in [0.717, 1.165) is 55.7 Å². The molecule has 1 fully saturated rings. The van der Waals surface area contributed by atoms with Crippen molar-refractivity contribution in [1.29, 1.82) is 0 Å². The Bertz CT molecular complexity index is 855. The lowest BCUT2D eigenvalue weighted by Crippen LogP contribution is -2.32. The summed E-state index contributed by atoms with van der Waals surface area (Å²) in [5.41, 5.74) is 3.48. The van der Waals surface area contributed by atoms with E-state index in [9.17, 15) is 9.59 Å². The predicted octanol–water partition coefficient (Wildman–Crippen LogP) is 0.248. The molecule has 2 aliphatic rings. The summed E-state index contributed by atoms with van der Waals surface area (Å²) in [6, 6.07) is 1.61. The van der Waals surface area contributed by atoms with Crippen molar-refractivity contribution in [3.8, 4) is 0 Å². The molecule has 0 spiro atoms. The molecular weight excluding hydrogens is 320 g/mol. The van der Waals surface area contributed by atoms with Crippen molar-refractivity contribution in [2.24, 2.45) is 13.0 Å². The van der Waals surface area contributed by atoms with E-state index in [2.05, 4.69) is 25.5 Å². The molecule has 1 aliphatic heterocycles. The van der Waals surface area contributed by atoms with Crippen LogP contribution in [0.1, 0.15) is 34.6 Å². The summed E-state index contributed by atoms with van der Waals surface area (Å²) in [5, 5.41) is 14.2. The van der Waals surface area contributed by atoms with Crippen LogP contribution in [-0.4, -0.2) is 45.5 Å². The summed E-state index contributed by atoms with van der Waals surface area (Å²) in [6.07, 6.45) is 5.70. The van der Waals surface area contributed by atoms with Crippen molar-refractivity contribution in [2.75, 3.05) is 24.5 Å². The van der Waals surface area contributed by atoms with Crippen molar-refractivity contribution < 1.29 is 4.79 Å². The minimum atomic E-state index is -0.110. The van der Waals surface area contributed by atoms with Crippen molar-refractivity contribution in [2.45, 2.75) is 25.7 Å². The molecule has 132 valence electrons. The van der Waals surface area contributed by atoms with E-state index in [4.69, 9.17) is 0 Å². The number of amides is 1. The monoisotopic (exact) mass is 342 g/mol. The first-order chi connectivity index (χ1) is 12.1. The molecule has 0 aromatic carbocycles. The van der Waals surface area contributed by atoms with Crippen LogP contribution in [0.25, 0.3) is 0 Å². The van der Waals surface area contributed by atoms with Gasteiger partial charge in [-0.25, -0.2) is 4.68 Å². The lowest BCUT2D eigenvalue weighted by Gasteiger charge is -2.18. The Hall–Kier alpha value is -2.64. The lowest BCUT2D eigenvalue weighted by atomic mass is 10.1. The van der Waals surface area contributed by atoms with Crippen LogP contribution in [0.2, 0.25) is 0 Å². The van der Waals surface area contributed by atoms with Gasteiger partial charge in [0.1, 0.15) is 0 Å². The molecule has 8 heteroatoms. The van der Waals surface area contributed by atoms with Gasteiger partial charge >= 0.3 is 0 Å². The van der Waals surface area contributed by atoms with Crippen LogP contribution in [-0.2, 0) is 19.9 Å². The van der Waals surface area contributed by atoms with Gasteiger partial charge in [0.05, 0.1) is 11.9 Å². The van der Waals surface area contributed by atoms with Gasteiger partial charge in [-0.2, -0.15) is 10.2 Å². The Morgan fingerprint density at radius 1 is 1.44 bits per heavy atom. The minimum absolute atomic E-state index is 0.0897. The Kier molecular flexibility index (Phi) is 4.03. The smallest absolute Gasteiger partial charge is 0.272 e. The number of rotatable bonds is 4. The van der Waals surface area contributed by atoms with E-state index >= 15 is 0 Å². The summed E-state index contributed by atoms with van der Waals surface area (Å²) < 4.78 is 1.32. The average Bonchev–Trinajstić information content (AvgIpc) is 3.31. The van der Waals surface area contributed by atoms with Crippen molar-refractivity contribution in [3.05, 3.63) is 39.6 Å². The highest BCUT2D eigenvalue weighted by Crippen LogP contribution is 2.24. The maximum Gasteiger partial charge on any atom is 0.272 e. The number of nitrogens with zero attached hydrogens (tertiary/aromatic N) is 4. The molecule has 0 unspecified atom stereocenters. The number of hydrogen-bond acceptors (Lipinski definition) is 5. The van der Waals surface area contributed by atoms with Gasteiger partial charge in [-0.05, 0) is 31.6 Å². The summed E-state index contributed by atoms with van der Waals surface area (Å²) >= 11 is 0. The largest absolute Gasteiger partial charge is 0.370 e. The highest BCUT2D eigenvalue weighted by atomic mass is 16.2. The van der Waals surface area contributed by atoms with Gasteiger partial charge in [0.15, 0.2) is 5.69 Å². The highest BCUT2D eigenvalue weighted by Gasteiger charge is 2.26. The molecule has 1 saturated heterocycles. The topological polar surface area (TPSA) is 95.9 Å². The third kappa shape index (κ3) is 3.04. The van der Waals surface area contributed by atoms with E-state index in [0.29, 0.717) is 18.2 Å². The molecule has 0 radical (unpaired) electrons. The fourth-order valence-corrected chi connectivity index (χ4v) is 3.69. The van der Waals surface area contributed by atoms with Crippen LogP contribution in [0.3, 0.4) is 0 Å². The Labute approximate surface area is 145 Å². The standard InChI is InChI=1S/C17H22N6O2/c1-22-15(24)7-12(9-19-22)23-6-5-11(10-23)8-18-17(25)16-13-3-2-4-14(13)20-21-16/h7,9,11H,2-6,8,10H2,1H3,(H,18,25)(H,20,21)/t11-/m0/s1. The molecule has 0 bridgehead atoms. The van der Waals surface area contributed by atoms with Gasteiger partial charge in [0, 0.05) is 44.0 Å². The summed E-state index contributed by atoms with van der Waals surface area (Å²) in [7, 11) is 1.64. The number of aryl methyl sites for hydroxylation is 2. The van der Waals surface area contributed by atoms with Crippen LogP contribution in [0.4, 0.5) is 5.69 Å². The number of fused-ring (bicyclic) bond motifs is 1. The zero-order valence-corrected chi connectivity index (χ0v) is 14.3. The molecule has 4 rings (SSSR count). The number of carbonyl (C=O) groups excluding carboxylic acids is 1. The first-order valence-electron chi connectivity index (χ1n) is 8.74. The van der Waals surface area contributed by atoms with Crippen molar-refractivity contribution in [3.63, 3.8) is 0 Å². The number of nitrogens with one attached hydrogen (secondary N) is 2. The second kappa shape index (κ2) is 6.34. The molecular formula is C17H22N6O2. The first kappa shape index (κ1) is 15.9. The van der Waals surface area contributed by atoms with Gasteiger partial charge < -0.3 is 10.2 Å². The minimum Gasteiger partial charge on any atom is -0.370 e. The summed E-state index contributed by atoms with van der Waals surface area (Å²) in [5.74, 6) is 0.271. The van der Waals surface area contributed by atoms with E-state index in [-0.39, 0.29) is 11.5 Å². The molecule has 2 aromatic heterocycles. The third-order valence-corrected chi connectivity index (χ3v) is 5.18. The van der Waals surface area contributed by atoms with E-state index in [1.54, 1.807) is 19.3 Å². The fraction of sp³-hybridized carbons (Fsp3) is 0.529. The number of anilines is 1. The fourth-order valence-electron chi connectivity index (χ4n) is 3.69. The van der Waals surface area contributed by atoms with Gasteiger partial charge in [-0.3, -0.25) is 14.7 Å². The van der Waals surface area contributed by atoms with Gasteiger partial charge in [0.25, 0.3) is 11.5 Å². The van der Waals surface area contributed by atoms with Crippen LogP contribution < -0.4 is 15.8 Å². The van der Waals surface area contributed by atoms with Crippen LogP contribution in [0, 0.1) is 5.92 Å². The zero-order chi connectivity index (χ0) is 17.4. The average molecular weight is 342 g/mol. The number of H-pyrrole nitrogens is 1.